The van der Waals surface area contributed by atoms with E-state index in [1.54, 1.807) is 6.07 Å². The first kappa shape index (κ1) is 12.3. The van der Waals surface area contributed by atoms with E-state index in [-0.39, 0.29) is 11.9 Å². The van der Waals surface area contributed by atoms with Crippen molar-refractivity contribution in [2.45, 2.75) is 31.9 Å². The van der Waals surface area contributed by atoms with Crippen molar-refractivity contribution in [1.29, 1.82) is 0 Å². The fourth-order valence-corrected chi connectivity index (χ4v) is 2.39. The molecule has 0 aromatic heterocycles. The number of phenols is 1. The molecule has 0 saturated heterocycles. The summed E-state index contributed by atoms with van der Waals surface area (Å²) < 4.78 is 13.0. The normalized spacial score (nSPS) is 24.1. The van der Waals surface area contributed by atoms with Gasteiger partial charge in [-0.2, -0.15) is 0 Å². The standard InChI is InChI=1S/C13H18FNO2/c14-11-4-9(5-12(16)6-11)7-15-8-10-2-1-3-13(10)17/h4-6,10,13,15-17H,1-3,7-8H2. The Bertz CT molecular complexity index is 363. The van der Waals surface area contributed by atoms with Gasteiger partial charge in [0.15, 0.2) is 0 Å². The van der Waals surface area contributed by atoms with Crippen LogP contribution in [0, 0.1) is 11.7 Å². The van der Waals surface area contributed by atoms with E-state index < -0.39 is 5.82 Å². The maximum absolute atomic E-state index is 13.0. The lowest BCUT2D eigenvalue weighted by atomic mass is 10.1. The molecule has 2 rings (SSSR count). The highest BCUT2D eigenvalue weighted by Gasteiger charge is 2.24. The smallest absolute Gasteiger partial charge is 0.127 e. The SMILES string of the molecule is Oc1cc(F)cc(CNCC2CCCC2O)c1. The number of aliphatic hydroxyl groups is 1. The zero-order valence-electron chi connectivity index (χ0n) is 9.69. The summed E-state index contributed by atoms with van der Waals surface area (Å²) in [7, 11) is 0. The van der Waals surface area contributed by atoms with Gasteiger partial charge in [-0.3, -0.25) is 0 Å². The summed E-state index contributed by atoms with van der Waals surface area (Å²) in [6, 6.07) is 4.03. The largest absolute Gasteiger partial charge is 0.508 e. The molecule has 2 unspecified atom stereocenters. The number of aromatic hydroxyl groups is 1. The molecule has 2 atom stereocenters. The molecular weight excluding hydrogens is 221 g/mol. The van der Waals surface area contributed by atoms with Crippen molar-refractivity contribution < 1.29 is 14.6 Å². The molecule has 3 nitrogen and oxygen atoms in total. The number of hydrogen-bond donors (Lipinski definition) is 3. The summed E-state index contributed by atoms with van der Waals surface area (Å²) in [5, 5.41) is 22.1. The van der Waals surface area contributed by atoms with Crippen molar-refractivity contribution in [2.24, 2.45) is 5.92 Å². The Morgan fingerprint density at radius 1 is 1.29 bits per heavy atom. The Kier molecular flexibility index (Phi) is 3.97. The quantitative estimate of drug-likeness (QED) is 0.750. The van der Waals surface area contributed by atoms with E-state index in [4.69, 9.17) is 0 Å². The molecule has 1 aliphatic carbocycles. The average molecular weight is 239 g/mol. The number of rotatable bonds is 4. The van der Waals surface area contributed by atoms with Gasteiger partial charge in [-0.05, 0) is 36.5 Å². The lowest BCUT2D eigenvalue weighted by Crippen LogP contribution is -2.27. The monoisotopic (exact) mass is 239 g/mol. The molecular formula is C13H18FNO2. The van der Waals surface area contributed by atoms with Crippen LogP contribution >= 0.6 is 0 Å². The van der Waals surface area contributed by atoms with Crippen LogP contribution in [0.25, 0.3) is 0 Å². The van der Waals surface area contributed by atoms with Crippen molar-refractivity contribution >= 4 is 0 Å². The van der Waals surface area contributed by atoms with Crippen LogP contribution in [0.4, 0.5) is 4.39 Å². The van der Waals surface area contributed by atoms with Crippen LogP contribution in [0.3, 0.4) is 0 Å². The van der Waals surface area contributed by atoms with E-state index in [9.17, 15) is 14.6 Å². The molecule has 1 aromatic rings. The number of aliphatic hydroxyl groups excluding tert-OH is 1. The fourth-order valence-electron chi connectivity index (χ4n) is 2.39. The first-order valence-corrected chi connectivity index (χ1v) is 6.02. The van der Waals surface area contributed by atoms with Gasteiger partial charge < -0.3 is 15.5 Å². The van der Waals surface area contributed by atoms with E-state index in [0.717, 1.165) is 37.4 Å². The van der Waals surface area contributed by atoms with Crippen LogP contribution in [-0.4, -0.2) is 22.9 Å². The Balaban J connectivity index is 1.81. The van der Waals surface area contributed by atoms with Gasteiger partial charge in [-0.1, -0.05) is 6.42 Å². The van der Waals surface area contributed by atoms with E-state index in [1.165, 1.54) is 6.07 Å². The van der Waals surface area contributed by atoms with E-state index in [0.29, 0.717) is 12.5 Å². The van der Waals surface area contributed by atoms with Gasteiger partial charge in [-0.15, -0.1) is 0 Å². The van der Waals surface area contributed by atoms with E-state index in [2.05, 4.69) is 5.32 Å². The lowest BCUT2D eigenvalue weighted by molar-refractivity contribution is 0.131. The molecule has 0 amide bonds. The highest BCUT2D eigenvalue weighted by atomic mass is 19.1. The Morgan fingerprint density at radius 2 is 2.12 bits per heavy atom. The summed E-state index contributed by atoms with van der Waals surface area (Å²) in [4.78, 5) is 0. The molecule has 0 bridgehead atoms. The van der Waals surface area contributed by atoms with Gasteiger partial charge in [0.05, 0.1) is 6.10 Å². The summed E-state index contributed by atoms with van der Waals surface area (Å²) in [6.07, 6.45) is 2.80. The molecule has 0 aliphatic heterocycles. The number of hydrogen-bond acceptors (Lipinski definition) is 3. The van der Waals surface area contributed by atoms with Crippen molar-refractivity contribution in [3.63, 3.8) is 0 Å². The minimum atomic E-state index is -0.428. The predicted octanol–water partition coefficient (Wildman–Crippen LogP) is 1.78. The molecule has 1 aromatic carbocycles. The third-order valence-corrected chi connectivity index (χ3v) is 3.30. The summed E-state index contributed by atoms with van der Waals surface area (Å²) in [6.45, 7) is 1.24. The number of phenolic OH excluding ortho intramolecular Hbond substituents is 1. The van der Waals surface area contributed by atoms with Gasteiger partial charge in [-0.25, -0.2) is 4.39 Å². The van der Waals surface area contributed by atoms with Gasteiger partial charge in [0, 0.05) is 19.2 Å². The second-order valence-electron chi connectivity index (χ2n) is 4.71. The molecule has 1 saturated carbocycles. The summed E-state index contributed by atoms with van der Waals surface area (Å²) >= 11 is 0. The molecule has 1 fully saturated rings. The van der Waals surface area contributed by atoms with Gasteiger partial charge >= 0.3 is 0 Å². The van der Waals surface area contributed by atoms with Gasteiger partial charge in [0.1, 0.15) is 11.6 Å². The highest BCUT2D eigenvalue weighted by molar-refractivity contribution is 5.28. The third-order valence-electron chi connectivity index (χ3n) is 3.30. The molecule has 0 radical (unpaired) electrons. The van der Waals surface area contributed by atoms with Crippen molar-refractivity contribution in [3.8, 4) is 5.75 Å². The zero-order chi connectivity index (χ0) is 12.3. The van der Waals surface area contributed by atoms with Crippen molar-refractivity contribution in [2.75, 3.05) is 6.54 Å². The molecule has 1 aliphatic rings. The Hall–Kier alpha value is -1.13. The van der Waals surface area contributed by atoms with Crippen molar-refractivity contribution in [1.82, 2.24) is 5.32 Å². The third kappa shape index (κ3) is 3.41. The van der Waals surface area contributed by atoms with Crippen LogP contribution in [-0.2, 0) is 6.54 Å². The second kappa shape index (κ2) is 5.47. The lowest BCUT2D eigenvalue weighted by Gasteiger charge is -2.15. The van der Waals surface area contributed by atoms with Crippen molar-refractivity contribution in [3.05, 3.63) is 29.6 Å². The van der Waals surface area contributed by atoms with Crippen LogP contribution in [0.15, 0.2) is 18.2 Å². The fraction of sp³-hybridized carbons (Fsp3) is 0.538. The Labute approximate surface area is 100 Å². The summed E-state index contributed by atoms with van der Waals surface area (Å²) in [5.41, 5.74) is 0.718. The maximum Gasteiger partial charge on any atom is 0.127 e. The van der Waals surface area contributed by atoms with Gasteiger partial charge in [0.2, 0.25) is 0 Å². The summed E-state index contributed by atoms with van der Waals surface area (Å²) in [5.74, 6) is -0.178. The number of halogens is 1. The minimum absolute atomic E-state index is 0.0531. The van der Waals surface area contributed by atoms with Crippen LogP contribution in [0.5, 0.6) is 5.75 Å². The van der Waals surface area contributed by atoms with E-state index >= 15 is 0 Å². The molecule has 17 heavy (non-hydrogen) atoms. The topological polar surface area (TPSA) is 52.5 Å². The predicted molar refractivity (Wildman–Crippen MR) is 63.1 cm³/mol. The molecule has 0 spiro atoms. The second-order valence-corrected chi connectivity index (χ2v) is 4.71. The minimum Gasteiger partial charge on any atom is -0.508 e. The van der Waals surface area contributed by atoms with Gasteiger partial charge in [0.25, 0.3) is 0 Å². The van der Waals surface area contributed by atoms with Crippen LogP contribution < -0.4 is 5.32 Å². The zero-order valence-corrected chi connectivity index (χ0v) is 9.69. The maximum atomic E-state index is 13.0. The first-order chi connectivity index (χ1) is 8.15. The number of nitrogens with one attached hydrogen (secondary N) is 1. The number of benzene rings is 1. The average Bonchev–Trinajstić information content (AvgIpc) is 2.63. The molecule has 4 heteroatoms. The molecule has 94 valence electrons. The highest BCUT2D eigenvalue weighted by Crippen LogP contribution is 2.24. The molecule has 3 N–H and O–H groups in total. The Morgan fingerprint density at radius 3 is 2.76 bits per heavy atom. The molecule has 0 heterocycles. The van der Waals surface area contributed by atoms with Crippen LogP contribution in [0.2, 0.25) is 0 Å². The van der Waals surface area contributed by atoms with Crippen LogP contribution in [0.1, 0.15) is 24.8 Å². The van der Waals surface area contributed by atoms with E-state index in [1.807, 2.05) is 0 Å². The first-order valence-electron chi connectivity index (χ1n) is 6.02.